The SMILES string of the molecule is CCC(C(=O)OC(C)(C)C)C1(C(CC)C(=O)OC(C)(C)C)c2ccccc2-c2ccccc21. The molecule has 2 aromatic carbocycles. The predicted molar refractivity (Wildman–Crippen MR) is 132 cm³/mol. The van der Waals surface area contributed by atoms with Gasteiger partial charge in [-0.2, -0.15) is 0 Å². The van der Waals surface area contributed by atoms with E-state index in [2.05, 4.69) is 24.3 Å². The third-order valence-corrected chi connectivity index (χ3v) is 6.33. The molecule has 2 unspecified atom stereocenters. The summed E-state index contributed by atoms with van der Waals surface area (Å²) in [6, 6.07) is 16.3. The van der Waals surface area contributed by atoms with Crippen LogP contribution in [0.4, 0.5) is 0 Å². The number of rotatable bonds is 6. The molecule has 0 aromatic heterocycles. The van der Waals surface area contributed by atoms with Gasteiger partial charge in [0, 0.05) is 5.41 Å². The van der Waals surface area contributed by atoms with Crippen LogP contribution in [0.2, 0.25) is 0 Å². The van der Waals surface area contributed by atoms with Gasteiger partial charge in [-0.15, -0.1) is 0 Å². The van der Waals surface area contributed by atoms with E-state index < -0.39 is 28.5 Å². The molecule has 178 valence electrons. The molecule has 2 atom stereocenters. The summed E-state index contributed by atoms with van der Waals surface area (Å²) in [5.74, 6) is -1.64. The number of hydrogen-bond donors (Lipinski definition) is 0. The van der Waals surface area contributed by atoms with Crippen LogP contribution in [0.3, 0.4) is 0 Å². The average Bonchev–Trinajstić information content (AvgIpc) is 2.98. The summed E-state index contributed by atoms with van der Waals surface area (Å²) in [6.07, 6.45) is 1.08. The first-order valence-corrected chi connectivity index (χ1v) is 12.0. The second kappa shape index (κ2) is 8.96. The smallest absolute Gasteiger partial charge is 0.310 e. The molecule has 33 heavy (non-hydrogen) atoms. The van der Waals surface area contributed by atoms with Gasteiger partial charge in [0.25, 0.3) is 0 Å². The summed E-state index contributed by atoms with van der Waals surface area (Å²) >= 11 is 0. The minimum atomic E-state index is -0.874. The maximum absolute atomic E-state index is 13.8. The van der Waals surface area contributed by atoms with Crippen LogP contribution >= 0.6 is 0 Å². The van der Waals surface area contributed by atoms with Gasteiger partial charge in [0.15, 0.2) is 0 Å². The van der Waals surface area contributed by atoms with E-state index in [4.69, 9.17) is 9.47 Å². The zero-order valence-corrected chi connectivity index (χ0v) is 21.3. The summed E-state index contributed by atoms with van der Waals surface area (Å²) in [7, 11) is 0. The number of ether oxygens (including phenoxy) is 2. The van der Waals surface area contributed by atoms with Crippen LogP contribution in [0.15, 0.2) is 48.5 Å². The maximum atomic E-state index is 13.8. The molecule has 0 bridgehead atoms. The van der Waals surface area contributed by atoms with E-state index in [-0.39, 0.29) is 11.9 Å². The Morgan fingerprint density at radius 2 is 1.03 bits per heavy atom. The van der Waals surface area contributed by atoms with E-state index in [1.807, 2.05) is 79.7 Å². The van der Waals surface area contributed by atoms with E-state index in [0.29, 0.717) is 12.8 Å². The third kappa shape index (κ3) is 4.58. The molecule has 0 saturated heterocycles. The quantitative estimate of drug-likeness (QED) is 0.460. The van der Waals surface area contributed by atoms with Gasteiger partial charge in [-0.25, -0.2) is 0 Å². The van der Waals surface area contributed by atoms with Crippen LogP contribution in [0.25, 0.3) is 11.1 Å². The Hall–Kier alpha value is -2.62. The van der Waals surface area contributed by atoms with E-state index in [1.165, 1.54) is 0 Å². The van der Waals surface area contributed by atoms with E-state index in [1.54, 1.807) is 0 Å². The van der Waals surface area contributed by atoms with Crippen molar-refractivity contribution < 1.29 is 19.1 Å². The second-order valence-corrected chi connectivity index (χ2v) is 10.9. The fourth-order valence-electron chi connectivity index (χ4n) is 5.39. The van der Waals surface area contributed by atoms with E-state index in [0.717, 1.165) is 22.3 Å². The van der Waals surface area contributed by atoms with Gasteiger partial charge < -0.3 is 9.47 Å². The molecule has 0 N–H and O–H groups in total. The zero-order valence-electron chi connectivity index (χ0n) is 21.3. The topological polar surface area (TPSA) is 52.6 Å². The first-order valence-electron chi connectivity index (χ1n) is 12.0. The van der Waals surface area contributed by atoms with Crippen LogP contribution in [-0.2, 0) is 24.5 Å². The molecular formula is C29H38O4. The number of fused-ring (bicyclic) bond motifs is 3. The molecule has 1 aliphatic rings. The van der Waals surface area contributed by atoms with Crippen LogP contribution in [-0.4, -0.2) is 23.1 Å². The van der Waals surface area contributed by atoms with Crippen molar-refractivity contribution in [1.29, 1.82) is 0 Å². The highest BCUT2D eigenvalue weighted by Crippen LogP contribution is 2.58. The molecule has 3 rings (SSSR count). The lowest BCUT2D eigenvalue weighted by molar-refractivity contribution is -0.169. The predicted octanol–water partition coefficient (Wildman–Crippen LogP) is 6.69. The first kappa shape index (κ1) is 25.0. The van der Waals surface area contributed by atoms with Crippen LogP contribution in [0.1, 0.15) is 79.4 Å². The van der Waals surface area contributed by atoms with Crippen LogP contribution in [0, 0.1) is 11.8 Å². The van der Waals surface area contributed by atoms with Gasteiger partial charge in [-0.05, 0) is 76.6 Å². The normalized spacial score (nSPS) is 16.4. The molecule has 0 spiro atoms. The van der Waals surface area contributed by atoms with Crippen molar-refractivity contribution in [2.24, 2.45) is 11.8 Å². The fourth-order valence-corrected chi connectivity index (χ4v) is 5.39. The molecule has 0 fully saturated rings. The summed E-state index contributed by atoms with van der Waals surface area (Å²) in [6.45, 7) is 15.3. The van der Waals surface area contributed by atoms with Crippen molar-refractivity contribution in [2.45, 2.75) is 84.8 Å². The standard InChI is InChI=1S/C29H38O4/c1-9-21(25(30)32-27(3,4)5)29(22(10-2)26(31)33-28(6,7)8)23-17-13-11-15-19(23)20-16-12-14-18-24(20)29/h11-18,21-22H,9-10H2,1-8H3. The Labute approximate surface area is 198 Å². The largest absolute Gasteiger partial charge is 0.460 e. The van der Waals surface area contributed by atoms with Crippen molar-refractivity contribution in [2.75, 3.05) is 0 Å². The Balaban J connectivity index is 2.35. The van der Waals surface area contributed by atoms with Gasteiger partial charge in [0.05, 0.1) is 11.8 Å². The summed E-state index contributed by atoms with van der Waals surface area (Å²) in [5, 5.41) is 0. The zero-order chi connectivity index (χ0) is 24.6. The lowest BCUT2D eigenvalue weighted by atomic mass is 9.59. The van der Waals surface area contributed by atoms with Gasteiger partial charge in [0.1, 0.15) is 11.2 Å². The van der Waals surface area contributed by atoms with Gasteiger partial charge in [-0.3, -0.25) is 9.59 Å². The molecule has 4 nitrogen and oxygen atoms in total. The van der Waals surface area contributed by atoms with Crippen molar-refractivity contribution in [3.63, 3.8) is 0 Å². The Kier molecular flexibility index (Phi) is 6.79. The molecule has 4 heteroatoms. The maximum Gasteiger partial charge on any atom is 0.310 e. The molecule has 0 aliphatic heterocycles. The summed E-state index contributed by atoms with van der Waals surface area (Å²) in [4.78, 5) is 27.5. The molecular weight excluding hydrogens is 412 g/mol. The average molecular weight is 451 g/mol. The summed E-state index contributed by atoms with van der Waals surface area (Å²) < 4.78 is 11.9. The number of esters is 2. The minimum absolute atomic E-state index is 0.279. The molecule has 1 aliphatic carbocycles. The molecule has 2 aromatic rings. The van der Waals surface area contributed by atoms with Gasteiger partial charge in [-0.1, -0.05) is 62.4 Å². The van der Waals surface area contributed by atoms with E-state index >= 15 is 0 Å². The molecule has 0 heterocycles. The van der Waals surface area contributed by atoms with Gasteiger partial charge in [0.2, 0.25) is 0 Å². The van der Waals surface area contributed by atoms with Crippen molar-refractivity contribution in [3.05, 3.63) is 59.7 Å². The Morgan fingerprint density at radius 3 is 1.33 bits per heavy atom. The Morgan fingerprint density at radius 1 is 0.697 bits per heavy atom. The molecule has 0 amide bonds. The van der Waals surface area contributed by atoms with Crippen LogP contribution < -0.4 is 0 Å². The number of carbonyl (C=O) groups is 2. The number of benzene rings is 2. The van der Waals surface area contributed by atoms with Crippen molar-refractivity contribution in [3.8, 4) is 11.1 Å². The van der Waals surface area contributed by atoms with Crippen LogP contribution in [0.5, 0.6) is 0 Å². The monoisotopic (exact) mass is 450 g/mol. The summed E-state index contributed by atoms with van der Waals surface area (Å²) in [5.41, 5.74) is 2.01. The van der Waals surface area contributed by atoms with E-state index in [9.17, 15) is 9.59 Å². The fraction of sp³-hybridized carbons (Fsp3) is 0.517. The highest BCUT2D eigenvalue weighted by atomic mass is 16.6. The van der Waals surface area contributed by atoms with Crippen molar-refractivity contribution >= 4 is 11.9 Å². The first-order chi connectivity index (χ1) is 15.4. The van der Waals surface area contributed by atoms with Gasteiger partial charge >= 0.3 is 11.9 Å². The highest BCUT2D eigenvalue weighted by Gasteiger charge is 2.58. The highest BCUT2D eigenvalue weighted by molar-refractivity contribution is 5.90. The lowest BCUT2D eigenvalue weighted by Crippen LogP contribution is -2.51. The van der Waals surface area contributed by atoms with Crippen molar-refractivity contribution in [1.82, 2.24) is 0 Å². The number of carbonyl (C=O) groups excluding carboxylic acids is 2. The minimum Gasteiger partial charge on any atom is -0.460 e. The molecule has 0 radical (unpaired) electrons. The lowest BCUT2D eigenvalue weighted by Gasteiger charge is -2.44. The third-order valence-electron chi connectivity index (χ3n) is 6.33. The molecule has 0 saturated carbocycles. The number of hydrogen-bond acceptors (Lipinski definition) is 4. The second-order valence-electron chi connectivity index (χ2n) is 10.9. The Bertz CT molecular complexity index is 939.